The van der Waals surface area contributed by atoms with Crippen molar-refractivity contribution in [3.8, 4) is 0 Å². The number of amides is 2. The second kappa shape index (κ2) is 4.94. The topological polar surface area (TPSA) is 61.4 Å². The molecule has 2 saturated heterocycles. The molecule has 1 aromatic heterocycles. The predicted octanol–water partition coefficient (Wildman–Crippen LogP) is 1.52. The monoisotopic (exact) mass is 287 g/mol. The zero-order valence-corrected chi connectivity index (χ0v) is 12.3. The van der Waals surface area contributed by atoms with Crippen LogP contribution in [-0.2, 0) is 0 Å². The van der Waals surface area contributed by atoms with Crippen LogP contribution in [-0.4, -0.2) is 58.5 Å². The van der Waals surface area contributed by atoms with Gasteiger partial charge in [0.15, 0.2) is 5.82 Å². The van der Waals surface area contributed by atoms with Crippen LogP contribution in [0.5, 0.6) is 0 Å². The molecule has 6 heteroatoms. The molecule has 2 atom stereocenters. The number of carbonyl (C=O) groups excluding carboxylic acids is 1. The second-order valence-corrected chi connectivity index (χ2v) is 6.50. The lowest BCUT2D eigenvalue weighted by Gasteiger charge is -2.21. The summed E-state index contributed by atoms with van der Waals surface area (Å²) in [6.07, 6.45) is 6.86. The lowest BCUT2D eigenvalue weighted by atomic mass is 10.1. The van der Waals surface area contributed by atoms with Crippen LogP contribution < -0.4 is 5.32 Å². The summed E-state index contributed by atoms with van der Waals surface area (Å²) >= 11 is 0. The minimum absolute atomic E-state index is 0.0276. The van der Waals surface area contributed by atoms with Gasteiger partial charge in [-0.05, 0) is 38.8 Å². The first-order valence-corrected chi connectivity index (χ1v) is 7.79. The molecular weight excluding hydrogens is 266 g/mol. The van der Waals surface area contributed by atoms with Gasteiger partial charge >= 0.3 is 6.03 Å². The molecule has 1 aromatic rings. The number of hydrogen-bond acceptors (Lipinski definition) is 4. The van der Waals surface area contributed by atoms with E-state index in [1.807, 2.05) is 4.90 Å². The van der Waals surface area contributed by atoms with E-state index in [9.17, 15) is 4.79 Å². The van der Waals surface area contributed by atoms with Gasteiger partial charge in [0.05, 0.1) is 5.69 Å². The number of aromatic nitrogens is 2. The van der Waals surface area contributed by atoms with Gasteiger partial charge in [-0.15, -0.1) is 0 Å². The van der Waals surface area contributed by atoms with E-state index in [1.165, 1.54) is 6.42 Å². The quantitative estimate of drug-likeness (QED) is 0.896. The van der Waals surface area contributed by atoms with E-state index in [0.717, 1.165) is 38.2 Å². The fourth-order valence-electron chi connectivity index (χ4n) is 3.62. The van der Waals surface area contributed by atoms with Crippen molar-refractivity contribution in [1.29, 1.82) is 0 Å². The van der Waals surface area contributed by atoms with Crippen LogP contribution in [0, 0.1) is 5.92 Å². The van der Waals surface area contributed by atoms with Crippen LogP contribution in [0.25, 0.3) is 0 Å². The number of urea groups is 1. The van der Waals surface area contributed by atoms with Gasteiger partial charge in [0.1, 0.15) is 0 Å². The Morgan fingerprint density at radius 3 is 2.81 bits per heavy atom. The zero-order valence-electron chi connectivity index (χ0n) is 12.3. The molecule has 2 amide bonds. The van der Waals surface area contributed by atoms with E-state index in [-0.39, 0.29) is 6.03 Å². The highest BCUT2D eigenvalue weighted by molar-refractivity contribution is 5.89. The lowest BCUT2D eigenvalue weighted by Crippen LogP contribution is -2.37. The molecule has 3 fully saturated rings. The van der Waals surface area contributed by atoms with E-state index in [1.54, 1.807) is 12.4 Å². The van der Waals surface area contributed by atoms with Gasteiger partial charge in [-0.2, -0.15) is 0 Å². The Bertz CT molecular complexity index is 559. The van der Waals surface area contributed by atoms with Crippen molar-refractivity contribution in [3.05, 3.63) is 18.1 Å². The molecule has 6 nitrogen and oxygen atoms in total. The Labute approximate surface area is 124 Å². The van der Waals surface area contributed by atoms with Gasteiger partial charge < -0.3 is 9.80 Å². The summed E-state index contributed by atoms with van der Waals surface area (Å²) in [5, 5.41) is 2.97. The zero-order chi connectivity index (χ0) is 14.4. The fourth-order valence-corrected chi connectivity index (χ4v) is 3.62. The number of nitrogens with zero attached hydrogens (tertiary/aromatic N) is 4. The average Bonchev–Trinajstić information content (AvgIpc) is 3.14. The summed E-state index contributed by atoms with van der Waals surface area (Å²) in [6, 6.07) is 0.501. The third-order valence-corrected chi connectivity index (χ3v) is 5.03. The molecule has 0 spiro atoms. The minimum atomic E-state index is -0.0276. The summed E-state index contributed by atoms with van der Waals surface area (Å²) in [5.74, 6) is 1.76. The van der Waals surface area contributed by atoms with E-state index in [0.29, 0.717) is 23.7 Å². The first-order valence-electron chi connectivity index (χ1n) is 7.79. The highest BCUT2D eigenvalue weighted by Gasteiger charge is 2.41. The summed E-state index contributed by atoms with van der Waals surface area (Å²) in [5.41, 5.74) is 0.947. The molecule has 1 N–H and O–H groups in total. The third-order valence-electron chi connectivity index (χ3n) is 5.03. The Morgan fingerprint density at radius 1 is 1.24 bits per heavy atom. The first-order chi connectivity index (χ1) is 10.2. The third kappa shape index (κ3) is 2.37. The van der Waals surface area contributed by atoms with Gasteiger partial charge in [-0.3, -0.25) is 10.3 Å². The van der Waals surface area contributed by atoms with Crippen LogP contribution in [0.15, 0.2) is 12.4 Å². The van der Waals surface area contributed by atoms with Gasteiger partial charge in [0.25, 0.3) is 0 Å². The molecule has 112 valence electrons. The highest BCUT2D eigenvalue weighted by atomic mass is 16.2. The Hall–Kier alpha value is -1.69. The normalized spacial score (nSPS) is 28.7. The van der Waals surface area contributed by atoms with Crippen LogP contribution in [0.1, 0.15) is 30.9 Å². The molecule has 3 aliphatic rings. The van der Waals surface area contributed by atoms with E-state index < -0.39 is 0 Å². The molecule has 0 unspecified atom stereocenters. The summed E-state index contributed by atoms with van der Waals surface area (Å²) in [7, 11) is 2.15. The standard InChI is InChI=1S/C15H21N5O/c1-19-7-4-11-8-20(9-12(11)19)15(21)18-14-13(10-2-3-10)16-5-6-17-14/h5-6,10-12H,2-4,7-9H2,1H3,(H,17,18,21)/t11-,12+/m1/s1. The largest absolute Gasteiger partial charge is 0.323 e. The molecule has 0 aromatic carbocycles. The molecule has 2 aliphatic heterocycles. The molecule has 1 aliphatic carbocycles. The van der Waals surface area contributed by atoms with E-state index in [4.69, 9.17) is 0 Å². The number of hydrogen-bond donors (Lipinski definition) is 1. The van der Waals surface area contributed by atoms with Gasteiger partial charge in [-0.1, -0.05) is 0 Å². The van der Waals surface area contributed by atoms with Crippen molar-refractivity contribution in [1.82, 2.24) is 19.8 Å². The Balaban J connectivity index is 1.45. The van der Waals surface area contributed by atoms with Gasteiger partial charge in [-0.25, -0.2) is 9.78 Å². The molecule has 3 heterocycles. The van der Waals surface area contributed by atoms with Crippen molar-refractivity contribution >= 4 is 11.8 Å². The minimum Gasteiger partial charge on any atom is -0.323 e. The number of rotatable bonds is 2. The summed E-state index contributed by atoms with van der Waals surface area (Å²) < 4.78 is 0. The van der Waals surface area contributed by atoms with E-state index >= 15 is 0 Å². The van der Waals surface area contributed by atoms with Gasteiger partial charge in [0.2, 0.25) is 0 Å². The molecule has 4 rings (SSSR count). The van der Waals surface area contributed by atoms with Crippen molar-refractivity contribution in [2.45, 2.75) is 31.2 Å². The van der Waals surface area contributed by atoms with E-state index in [2.05, 4.69) is 27.2 Å². The first kappa shape index (κ1) is 13.0. The molecule has 0 radical (unpaired) electrons. The lowest BCUT2D eigenvalue weighted by molar-refractivity contribution is 0.213. The molecular formula is C15H21N5O. The van der Waals surface area contributed by atoms with Crippen LogP contribution in [0.4, 0.5) is 10.6 Å². The van der Waals surface area contributed by atoms with Crippen LogP contribution >= 0.6 is 0 Å². The maximum Gasteiger partial charge on any atom is 0.323 e. The number of fused-ring (bicyclic) bond motifs is 1. The molecule has 21 heavy (non-hydrogen) atoms. The maximum atomic E-state index is 12.5. The molecule has 1 saturated carbocycles. The van der Waals surface area contributed by atoms with Crippen LogP contribution in [0.3, 0.4) is 0 Å². The fraction of sp³-hybridized carbons (Fsp3) is 0.667. The van der Waals surface area contributed by atoms with Crippen molar-refractivity contribution in [3.63, 3.8) is 0 Å². The summed E-state index contributed by atoms with van der Waals surface area (Å²) in [6.45, 7) is 2.84. The Kier molecular flexibility index (Phi) is 3.06. The second-order valence-electron chi connectivity index (χ2n) is 6.50. The number of carbonyl (C=O) groups is 1. The highest BCUT2D eigenvalue weighted by Crippen LogP contribution is 2.41. The maximum absolute atomic E-state index is 12.5. The van der Waals surface area contributed by atoms with Crippen molar-refractivity contribution < 1.29 is 4.79 Å². The number of anilines is 1. The molecule has 0 bridgehead atoms. The number of likely N-dealkylation sites (N-methyl/N-ethyl adjacent to an activating group) is 1. The SMILES string of the molecule is CN1CC[C@@H]2CN(C(=O)Nc3nccnc3C3CC3)C[C@@H]21. The number of likely N-dealkylation sites (tertiary alicyclic amines) is 2. The Morgan fingerprint density at radius 2 is 2.05 bits per heavy atom. The summed E-state index contributed by atoms with van der Waals surface area (Å²) in [4.78, 5) is 25.5. The van der Waals surface area contributed by atoms with Crippen molar-refractivity contribution in [2.75, 3.05) is 32.0 Å². The smallest absolute Gasteiger partial charge is 0.323 e. The number of nitrogens with one attached hydrogen (secondary N) is 1. The van der Waals surface area contributed by atoms with Crippen LogP contribution in [0.2, 0.25) is 0 Å². The van der Waals surface area contributed by atoms with Crippen molar-refractivity contribution in [2.24, 2.45) is 5.92 Å². The predicted molar refractivity (Wildman–Crippen MR) is 79.1 cm³/mol. The van der Waals surface area contributed by atoms with Gasteiger partial charge in [0, 0.05) is 37.4 Å². The average molecular weight is 287 g/mol.